The Morgan fingerprint density at radius 1 is 0.824 bits per heavy atom. The lowest BCUT2D eigenvalue weighted by atomic mass is 9.75. The molecule has 1 aromatic rings. The maximum Gasteiger partial charge on any atom is 0.363 e. The van der Waals surface area contributed by atoms with E-state index in [2.05, 4.69) is 41.5 Å². The van der Waals surface area contributed by atoms with Crippen LogP contribution in [0, 0.1) is 35.5 Å². The number of methoxy groups -OCH3 is 1. The normalized spacial score (nSPS) is 33.0. The molecule has 3 rings (SSSR count). The fraction of sp³-hybridized carbons (Fsp3) is 0.786. The van der Waals surface area contributed by atoms with Gasteiger partial charge in [-0.05, 0) is 78.9 Å². The summed E-state index contributed by atoms with van der Waals surface area (Å²) in [4.78, 5) is 0. The molecule has 2 saturated carbocycles. The van der Waals surface area contributed by atoms with Gasteiger partial charge in [0, 0.05) is 0 Å². The quantitative estimate of drug-likeness (QED) is 0.354. The topological polar surface area (TPSA) is 65.0 Å². The molecule has 0 aromatic heterocycles. The maximum atomic E-state index is 14.6. The molecule has 1 N–H and O–H groups in total. The van der Waals surface area contributed by atoms with Gasteiger partial charge in [-0.1, -0.05) is 66.5 Å². The van der Waals surface area contributed by atoms with Crippen LogP contribution in [0.3, 0.4) is 0 Å². The predicted molar refractivity (Wildman–Crippen MR) is 138 cm³/mol. The van der Waals surface area contributed by atoms with E-state index < -0.39 is 13.4 Å². The molecule has 0 radical (unpaired) electrons. The Labute approximate surface area is 207 Å². The van der Waals surface area contributed by atoms with Crippen LogP contribution in [0.4, 0.5) is 0 Å². The average Bonchev–Trinajstić information content (AvgIpc) is 2.78. The van der Waals surface area contributed by atoms with Crippen LogP contribution >= 0.6 is 7.60 Å². The molecule has 0 saturated heterocycles. The third-order valence-electron chi connectivity index (χ3n) is 8.20. The van der Waals surface area contributed by atoms with Crippen molar-refractivity contribution >= 4 is 7.60 Å². The minimum absolute atomic E-state index is 0.180. The largest absolute Gasteiger partial charge is 0.497 e. The average molecular weight is 495 g/mol. The molecule has 5 nitrogen and oxygen atoms in total. The van der Waals surface area contributed by atoms with Crippen LogP contribution in [0.2, 0.25) is 0 Å². The van der Waals surface area contributed by atoms with Crippen LogP contribution in [-0.2, 0) is 13.6 Å². The third-order valence-corrected chi connectivity index (χ3v) is 10.2. The Balaban J connectivity index is 1.94. The highest BCUT2D eigenvalue weighted by Crippen LogP contribution is 2.64. The third kappa shape index (κ3) is 6.66. The van der Waals surface area contributed by atoms with Gasteiger partial charge in [0.2, 0.25) is 0 Å². The van der Waals surface area contributed by atoms with Crippen LogP contribution in [0.15, 0.2) is 24.3 Å². The van der Waals surface area contributed by atoms with Gasteiger partial charge in [0.25, 0.3) is 0 Å². The van der Waals surface area contributed by atoms with Gasteiger partial charge >= 0.3 is 7.60 Å². The first-order valence-corrected chi connectivity index (χ1v) is 14.9. The number of aliphatic hydroxyl groups is 1. The number of ether oxygens (including phenoxy) is 1. The van der Waals surface area contributed by atoms with E-state index in [0.29, 0.717) is 46.8 Å². The van der Waals surface area contributed by atoms with E-state index in [0.717, 1.165) is 38.5 Å². The highest BCUT2D eigenvalue weighted by atomic mass is 31.2. The van der Waals surface area contributed by atoms with Gasteiger partial charge < -0.3 is 18.9 Å². The van der Waals surface area contributed by atoms with Gasteiger partial charge in [0.15, 0.2) is 5.85 Å². The zero-order valence-corrected chi connectivity index (χ0v) is 23.2. The summed E-state index contributed by atoms with van der Waals surface area (Å²) in [5.74, 6) is 1.83. The molecule has 0 bridgehead atoms. The van der Waals surface area contributed by atoms with Crippen molar-refractivity contribution in [2.24, 2.45) is 35.5 Å². The lowest BCUT2D eigenvalue weighted by Crippen LogP contribution is -2.37. The lowest BCUT2D eigenvalue weighted by Gasteiger charge is -2.42. The fourth-order valence-corrected chi connectivity index (χ4v) is 8.01. The molecule has 2 aliphatic carbocycles. The molecule has 1 unspecified atom stereocenters. The van der Waals surface area contributed by atoms with Crippen molar-refractivity contribution in [3.05, 3.63) is 29.8 Å². The summed E-state index contributed by atoms with van der Waals surface area (Å²) in [7, 11) is -2.28. The SMILES string of the molecule is COc1ccc([C@H](O)P(=O)(O[C@H]2C[C@@H](C)CC[C@@H]2C(C)C)O[C@@H]2C[C@@H](C)CC[C@@H]2C(C)C)cc1. The lowest BCUT2D eigenvalue weighted by molar-refractivity contribution is -0.0154. The number of hydrogen-bond acceptors (Lipinski definition) is 5. The molecule has 2 fully saturated rings. The minimum Gasteiger partial charge on any atom is -0.497 e. The standard InChI is InChI=1S/C28H47O5P/c1-18(2)24-14-8-20(5)16-26(24)32-34(30,28(29)22-10-12-23(31-7)13-11-22)33-27-17-21(6)9-15-25(27)19(3)4/h10-13,18-21,24-29H,8-9,14-17H2,1-7H3/t20-,21-,24+,25+,26-,27+,28+,34?/m0/s1. The Morgan fingerprint density at radius 3 is 1.65 bits per heavy atom. The fourth-order valence-electron chi connectivity index (χ4n) is 5.95. The Hall–Kier alpha value is -0.870. The van der Waals surface area contributed by atoms with Gasteiger partial charge in [0.1, 0.15) is 5.75 Å². The molecule has 194 valence electrons. The number of aliphatic hydroxyl groups excluding tert-OH is 1. The van der Waals surface area contributed by atoms with Crippen LogP contribution in [0.25, 0.3) is 0 Å². The molecule has 8 atom stereocenters. The zero-order valence-electron chi connectivity index (χ0n) is 22.3. The summed E-state index contributed by atoms with van der Waals surface area (Å²) in [6, 6.07) is 7.08. The van der Waals surface area contributed by atoms with Crippen LogP contribution in [0.5, 0.6) is 5.75 Å². The second-order valence-electron chi connectivity index (χ2n) is 11.6. The van der Waals surface area contributed by atoms with Gasteiger partial charge in [0.05, 0.1) is 19.3 Å². The van der Waals surface area contributed by atoms with Crippen molar-refractivity contribution in [1.29, 1.82) is 0 Å². The number of hydrogen-bond donors (Lipinski definition) is 1. The summed E-state index contributed by atoms with van der Waals surface area (Å²) >= 11 is 0. The van der Waals surface area contributed by atoms with Crippen molar-refractivity contribution < 1.29 is 23.5 Å². The van der Waals surface area contributed by atoms with Crippen molar-refractivity contribution in [2.45, 2.75) is 98.1 Å². The van der Waals surface area contributed by atoms with E-state index in [1.54, 1.807) is 31.4 Å². The van der Waals surface area contributed by atoms with E-state index in [9.17, 15) is 9.67 Å². The van der Waals surface area contributed by atoms with Crippen molar-refractivity contribution in [3.8, 4) is 5.75 Å². The second kappa shape index (κ2) is 11.9. The van der Waals surface area contributed by atoms with Gasteiger partial charge in [-0.2, -0.15) is 0 Å². The first-order chi connectivity index (χ1) is 16.0. The Morgan fingerprint density at radius 2 is 1.26 bits per heavy atom. The molecule has 0 amide bonds. The maximum absolute atomic E-state index is 14.6. The molecule has 1 aromatic carbocycles. The Bertz CT molecular complexity index is 770. The second-order valence-corrected chi connectivity index (χ2v) is 13.6. The monoisotopic (exact) mass is 494 g/mol. The molecular weight excluding hydrogens is 447 g/mol. The molecule has 0 aliphatic heterocycles. The highest BCUT2D eigenvalue weighted by molar-refractivity contribution is 7.54. The Kier molecular flexibility index (Phi) is 9.71. The van der Waals surface area contributed by atoms with Crippen LogP contribution in [0.1, 0.15) is 91.5 Å². The molecule has 2 aliphatic rings. The summed E-state index contributed by atoms with van der Waals surface area (Å²) < 4.78 is 32.9. The number of benzene rings is 1. The molecule has 6 heteroatoms. The zero-order chi connectivity index (χ0) is 25.0. The minimum atomic E-state index is -3.89. The molecule has 0 spiro atoms. The van der Waals surface area contributed by atoms with Crippen molar-refractivity contribution in [1.82, 2.24) is 0 Å². The van der Waals surface area contributed by atoms with Gasteiger partial charge in [-0.25, -0.2) is 0 Å². The predicted octanol–water partition coefficient (Wildman–Crippen LogP) is 7.83. The first-order valence-electron chi connectivity index (χ1n) is 13.3. The smallest absolute Gasteiger partial charge is 0.363 e. The molecule has 34 heavy (non-hydrogen) atoms. The summed E-state index contributed by atoms with van der Waals surface area (Å²) in [5.41, 5.74) is 0.541. The van der Waals surface area contributed by atoms with E-state index in [-0.39, 0.29) is 12.2 Å². The van der Waals surface area contributed by atoms with E-state index >= 15 is 0 Å². The van der Waals surface area contributed by atoms with Crippen molar-refractivity contribution in [3.63, 3.8) is 0 Å². The number of rotatable bonds is 9. The van der Waals surface area contributed by atoms with Crippen molar-refractivity contribution in [2.75, 3.05) is 7.11 Å². The van der Waals surface area contributed by atoms with E-state index in [1.165, 1.54) is 0 Å². The van der Waals surface area contributed by atoms with Gasteiger partial charge in [-0.3, -0.25) is 4.57 Å². The van der Waals surface area contributed by atoms with Gasteiger partial charge in [-0.15, -0.1) is 0 Å². The molecule has 0 heterocycles. The summed E-state index contributed by atoms with van der Waals surface area (Å²) in [6.45, 7) is 13.3. The molecular formula is C28H47O5P. The van der Waals surface area contributed by atoms with Crippen LogP contribution < -0.4 is 4.74 Å². The van der Waals surface area contributed by atoms with E-state index in [4.69, 9.17) is 13.8 Å². The summed E-state index contributed by atoms with van der Waals surface area (Å²) in [5, 5.41) is 11.5. The van der Waals surface area contributed by atoms with E-state index in [1.807, 2.05) is 0 Å². The first kappa shape index (κ1) is 27.7. The van der Waals surface area contributed by atoms with Crippen LogP contribution in [-0.4, -0.2) is 24.4 Å². The summed E-state index contributed by atoms with van der Waals surface area (Å²) in [6.07, 6.45) is 5.76. The highest BCUT2D eigenvalue weighted by Gasteiger charge is 2.46.